The summed E-state index contributed by atoms with van der Waals surface area (Å²) in [4.78, 5) is 11.5. The molecule has 27 heavy (non-hydrogen) atoms. The molecule has 3 aromatic rings. The molecule has 0 fully saturated rings. The molecule has 0 unspecified atom stereocenters. The van der Waals surface area contributed by atoms with Crippen molar-refractivity contribution >= 4 is 33.4 Å². The molecule has 0 aliphatic heterocycles. The van der Waals surface area contributed by atoms with Crippen molar-refractivity contribution in [3.8, 4) is 11.3 Å². The molecule has 0 saturated carbocycles. The number of para-hydroxylation sites is 1. The van der Waals surface area contributed by atoms with Crippen LogP contribution in [0.25, 0.3) is 11.3 Å². The first-order chi connectivity index (χ1) is 13.1. The summed E-state index contributed by atoms with van der Waals surface area (Å²) in [6, 6.07) is 20.1. The summed E-state index contributed by atoms with van der Waals surface area (Å²) in [6.07, 6.45) is 1.03. The smallest absolute Gasteiger partial charge is 0.225 e. The van der Waals surface area contributed by atoms with Crippen molar-refractivity contribution in [1.82, 2.24) is 14.9 Å². The second-order valence-corrected chi connectivity index (χ2v) is 7.37. The van der Waals surface area contributed by atoms with Crippen LogP contribution in [-0.2, 0) is 0 Å². The average Bonchev–Trinajstić information content (AvgIpc) is 2.67. The maximum Gasteiger partial charge on any atom is 0.225 e. The number of nitrogens with one attached hydrogen (secondary N) is 2. The van der Waals surface area contributed by atoms with Gasteiger partial charge in [-0.05, 0) is 55.1 Å². The fourth-order valence-electron chi connectivity index (χ4n) is 2.64. The van der Waals surface area contributed by atoms with Gasteiger partial charge in [-0.1, -0.05) is 42.5 Å². The van der Waals surface area contributed by atoms with E-state index in [9.17, 15) is 0 Å². The Morgan fingerprint density at radius 2 is 1.70 bits per heavy atom. The van der Waals surface area contributed by atoms with Crippen molar-refractivity contribution in [2.24, 2.45) is 0 Å². The Morgan fingerprint density at radius 1 is 0.963 bits per heavy atom. The zero-order valence-electron chi connectivity index (χ0n) is 15.6. The van der Waals surface area contributed by atoms with Crippen molar-refractivity contribution in [1.29, 1.82) is 0 Å². The predicted molar refractivity (Wildman–Crippen MR) is 117 cm³/mol. The highest BCUT2D eigenvalue weighted by atomic mass is 79.9. The molecule has 0 saturated heterocycles. The molecule has 0 atom stereocenters. The van der Waals surface area contributed by atoms with Gasteiger partial charge in [0.05, 0.1) is 11.4 Å². The zero-order valence-corrected chi connectivity index (χ0v) is 17.2. The number of aromatic nitrogens is 2. The molecule has 1 aromatic heterocycles. The molecule has 0 aliphatic carbocycles. The molecule has 2 N–H and O–H groups in total. The van der Waals surface area contributed by atoms with Crippen LogP contribution in [0.2, 0.25) is 0 Å². The largest absolute Gasteiger partial charge is 0.354 e. The fraction of sp³-hybridized carbons (Fsp3) is 0.238. The van der Waals surface area contributed by atoms with Gasteiger partial charge < -0.3 is 15.5 Å². The van der Waals surface area contributed by atoms with Gasteiger partial charge in [-0.25, -0.2) is 4.98 Å². The molecule has 140 valence electrons. The Hall–Kier alpha value is -2.44. The second-order valence-electron chi connectivity index (χ2n) is 6.52. The van der Waals surface area contributed by atoms with E-state index < -0.39 is 0 Å². The lowest BCUT2D eigenvalue weighted by atomic mass is 10.1. The van der Waals surface area contributed by atoms with Crippen molar-refractivity contribution in [2.45, 2.75) is 6.42 Å². The third kappa shape index (κ3) is 5.77. The molecule has 1 heterocycles. The Morgan fingerprint density at radius 3 is 2.44 bits per heavy atom. The summed E-state index contributed by atoms with van der Waals surface area (Å²) in [5.74, 6) is 1.38. The number of hydrogen-bond acceptors (Lipinski definition) is 5. The van der Waals surface area contributed by atoms with Crippen molar-refractivity contribution in [2.75, 3.05) is 37.8 Å². The van der Waals surface area contributed by atoms with E-state index in [0.717, 1.165) is 46.7 Å². The van der Waals surface area contributed by atoms with Gasteiger partial charge in [0.2, 0.25) is 5.95 Å². The molecular weight excluding hydrogens is 402 g/mol. The maximum absolute atomic E-state index is 4.70. The standard InChI is InChI=1S/C21H24BrN5/c1-27(2)14-8-13-23-21-25-19(16-9-4-3-5-10-16)15-20(26-21)24-18-12-7-6-11-17(18)22/h3-7,9-12,15H,8,13-14H2,1-2H3,(H2,23,24,25,26). The number of hydrogen-bond donors (Lipinski definition) is 2. The van der Waals surface area contributed by atoms with Crippen molar-refractivity contribution < 1.29 is 0 Å². The molecule has 0 bridgehead atoms. The van der Waals surface area contributed by atoms with E-state index in [0.29, 0.717) is 5.95 Å². The minimum Gasteiger partial charge on any atom is -0.354 e. The van der Waals surface area contributed by atoms with Crippen LogP contribution in [0.1, 0.15) is 6.42 Å². The topological polar surface area (TPSA) is 53.1 Å². The van der Waals surface area contributed by atoms with Crippen LogP contribution >= 0.6 is 15.9 Å². The number of halogens is 1. The summed E-state index contributed by atoms with van der Waals surface area (Å²) in [6.45, 7) is 1.85. The van der Waals surface area contributed by atoms with Gasteiger partial charge in [-0.15, -0.1) is 0 Å². The highest BCUT2D eigenvalue weighted by Gasteiger charge is 2.08. The van der Waals surface area contributed by atoms with Gasteiger partial charge >= 0.3 is 0 Å². The number of anilines is 3. The minimum atomic E-state index is 0.629. The summed E-state index contributed by atoms with van der Waals surface area (Å²) < 4.78 is 0.991. The summed E-state index contributed by atoms with van der Waals surface area (Å²) >= 11 is 3.57. The minimum absolute atomic E-state index is 0.629. The van der Waals surface area contributed by atoms with Gasteiger partial charge in [-0.3, -0.25) is 0 Å². The maximum atomic E-state index is 4.70. The van der Waals surface area contributed by atoms with Gasteiger partial charge in [0.15, 0.2) is 0 Å². The first kappa shape index (κ1) is 19.3. The Bertz CT molecular complexity index is 867. The third-order valence-corrected chi connectivity index (χ3v) is 4.69. The molecule has 3 rings (SSSR count). The lowest BCUT2D eigenvalue weighted by Crippen LogP contribution is -2.17. The van der Waals surface area contributed by atoms with E-state index in [1.807, 2.05) is 48.5 Å². The van der Waals surface area contributed by atoms with Crippen LogP contribution in [-0.4, -0.2) is 42.1 Å². The van der Waals surface area contributed by atoms with Crippen molar-refractivity contribution in [3.05, 3.63) is 65.1 Å². The van der Waals surface area contributed by atoms with Gasteiger partial charge in [-0.2, -0.15) is 4.98 Å². The Balaban J connectivity index is 1.85. The third-order valence-electron chi connectivity index (χ3n) is 4.00. The normalized spacial score (nSPS) is 10.8. The van der Waals surface area contributed by atoms with Crippen LogP contribution < -0.4 is 10.6 Å². The average molecular weight is 426 g/mol. The summed E-state index contributed by atoms with van der Waals surface area (Å²) in [7, 11) is 4.15. The lowest BCUT2D eigenvalue weighted by molar-refractivity contribution is 0.405. The first-order valence-electron chi connectivity index (χ1n) is 8.96. The summed E-state index contributed by atoms with van der Waals surface area (Å²) in [5.41, 5.74) is 2.91. The first-order valence-corrected chi connectivity index (χ1v) is 9.76. The van der Waals surface area contributed by atoms with E-state index in [2.05, 4.69) is 62.7 Å². The monoisotopic (exact) mass is 425 g/mol. The van der Waals surface area contributed by atoms with E-state index in [-0.39, 0.29) is 0 Å². The Labute approximate surface area is 169 Å². The highest BCUT2D eigenvalue weighted by molar-refractivity contribution is 9.10. The van der Waals surface area contributed by atoms with Gasteiger partial charge in [0, 0.05) is 22.6 Å². The SMILES string of the molecule is CN(C)CCCNc1nc(Nc2ccccc2Br)cc(-c2ccccc2)n1. The van der Waals surface area contributed by atoms with Crippen molar-refractivity contribution in [3.63, 3.8) is 0 Å². The van der Waals surface area contributed by atoms with E-state index >= 15 is 0 Å². The molecule has 6 heteroatoms. The molecule has 0 aliphatic rings. The van der Waals surface area contributed by atoms with Crippen LogP contribution in [0, 0.1) is 0 Å². The zero-order chi connectivity index (χ0) is 19.1. The van der Waals surface area contributed by atoms with Crippen LogP contribution in [0.5, 0.6) is 0 Å². The fourth-order valence-corrected chi connectivity index (χ4v) is 3.03. The number of nitrogens with zero attached hydrogens (tertiary/aromatic N) is 3. The molecule has 5 nitrogen and oxygen atoms in total. The second kappa shape index (κ2) is 9.48. The van der Waals surface area contributed by atoms with Crippen LogP contribution in [0.3, 0.4) is 0 Å². The predicted octanol–water partition coefficient (Wildman–Crippen LogP) is 5.01. The van der Waals surface area contributed by atoms with Gasteiger partial charge in [0.1, 0.15) is 5.82 Å². The molecule has 0 amide bonds. The van der Waals surface area contributed by atoms with E-state index in [1.165, 1.54) is 0 Å². The molecular formula is C21H24BrN5. The van der Waals surface area contributed by atoms with E-state index in [1.54, 1.807) is 0 Å². The van der Waals surface area contributed by atoms with Gasteiger partial charge in [0.25, 0.3) is 0 Å². The van der Waals surface area contributed by atoms with E-state index in [4.69, 9.17) is 4.98 Å². The molecule has 0 radical (unpaired) electrons. The molecule has 2 aromatic carbocycles. The highest BCUT2D eigenvalue weighted by Crippen LogP contribution is 2.27. The number of benzene rings is 2. The molecule has 0 spiro atoms. The summed E-state index contributed by atoms with van der Waals surface area (Å²) in [5, 5.41) is 6.74. The number of rotatable bonds is 8. The Kier molecular flexibility index (Phi) is 6.79. The van der Waals surface area contributed by atoms with Crippen LogP contribution in [0.15, 0.2) is 65.1 Å². The lowest BCUT2D eigenvalue weighted by Gasteiger charge is -2.13. The van der Waals surface area contributed by atoms with Crippen LogP contribution in [0.4, 0.5) is 17.5 Å². The quantitative estimate of drug-likeness (QED) is 0.496.